The number of fused-ring (bicyclic) bond motifs is 1. The first-order valence-electron chi connectivity index (χ1n) is 15.0. The summed E-state index contributed by atoms with van der Waals surface area (Å²) in [6, 6.07) is 20.8. The van der Waals surface area contributed by atoms with Gasteiger partial charge >= 0.3 is 0 Å². The number of carbonyl (C=O) groups excluding carboxylic acids is 2. The molecular weight excluding hydrogens is 615 g/mol. The molecule has 2 aliphatic heterocycles. The Morgan fingerprint density at radius 2 is 1.77 bits per heavy atom. The fourth-order valence-corrected chi connectivity index (χ4v) is 7.91. The molecule has 4 aromatic rings. The average molecular weight is 652 g/mol. The quantitative estimate of drug-likeness (QED) is 0.189. The van der Waals surface area contributed by atoms with Crippen LogP contribution >= 0.6 is 35.0 Å². The lowest BCUT2D eigenvalue weighted by Crippen LogP contribution is -2.48. The minimum absolute atomic E-state index is 0.0688. The van der Waals surface area contributed by atoms with Crippen molar-refractivity contribution in [3.8, 4) is 0 Å². The second-order valence-electron chi connectivity index (χ2n) is 11.5. The number of nitrogens with one attached hydrogen (secondary N) is 2. The van der Waals surface area contributed by atoms with Gasteiger partial charge in [-0.2, -0.15) is 0 Å². The van der Waals surface area contributed by atoms with Crippen molar-refractivity contribution in [3.05, 3.63) is 99.7 Å². The van der Waals surface area contributed by atoms with Crippen molar-refractivity contribution in [2.75, 3.05) is 39.4 Å². The summed E-state index contributed by atoms with van der Waals surface area (Å²) in [5.41, 5.74) is 3.82. The molecule has 0 radical (unpaired) electrons. The first kappa shape index (κ1) is 31.0. The number of benzene rings is 3. The normalized spacial score (nSPS) is 20.8. The van der Waals surface area contributed by atoms with Crippen LogP contribution in [0, 0.1) is 6.92 Å². The molecule has 3 aromatic carbocycles. The van der Waals surface area contributed by atoms with E-state index in [1.807, 2.05) is 84.8 Å². The summed E-state index contributed by atoms with van der Waals surface area (Å²) >= 11 is 14.0. The molecule has 0 bridgehead atoms. The van der Waals surface area contributed by atoms with Gasteiger partial charge in [0.1, 0.15) is 4.75 Å². The van der Waals surface area contributed by atoms with Gasteiger partial charge < -0.3 is 19.9 Å². The summed E-state index contributed by atoms with van der Waals surface area (Å²) in [7, 11) is 0. The van der Waals surface area contributed by atoms with Crippen LogP contribution in [-0.4, -0.2) is 70.7 Å². The number of morpholine rings is 1. The number of carbonyl (C=O) groups is 2. The molecule has 0 saturated carbocycles. The largest absolute Gasteiger partial charge is 0.379 e. The van der Waals surface area contributed by atoms with Crippen LogP contribution in [0.3, 0.4) is 0 Å². The molecule has 2 atom stereocenters. The minimum Gasteiger partial charge on any atom is -0.379 e. The Balaban J connectivity index is 1.39. The number of likely N-dealkylation sites (tertiary alicyclic amines) is 1. The maximum absolute atomic E-state index is 14.6. The third kappa shape index (κ3) is 6.65. The van der Waals surface area contributed by atoms with E-state index in [1.165, 1.54) is 11.8 Å². The highest BCUT2D eigenvalue weighted by Gasteiger charge is 2.58. The molecule has 2 saturated heterocycles. The van der Waals surface area contributed by atoms with Gasteiger partial charge in [-0.25, -0.2) is 0 Å². The molecule has 10 heteroatoms. The predicted molar refractivity (Wildman–Crippen MR) is 177 cm³/mol. The number of amides is 2. The van der Waals surface area contributed by atoms with E-state index in [0.29, 0.717) is 23.1 Å². The molecule has 230 valence electrons. The first-order chi connectivity index (χ1) is 21.3. The highest BCUT2D eigenvalue weighted by molar-refractivity contribution is 8.01. The lowest BCUT2D eigenvalue weighted by Gasteiger charge is -2.36. The van der Waals surface area contributed by atoms with Gasteiger partial charge in [0, 0.05) is 63.8 Å². The van der Waals surface area contributed by atoms with Crippen molar-refractivity contribution in [1.82, 2.24) is 20.1 Å². The Morgan fingerprint density at radius 3 is 2.52 bits per heavy atom. The number of aromatic nitrogens is 1. The zero-order chi connectivity index (χ0) is 30.7. The maximum atomic E-state index is 14.6. The summed E-state index contributed by atoms with van der Waals surface area (Å²) in [5.74, 6) is -0.207. The van der Waals surface area contributed by atoms with E-state index < -0.39 is 10.8 Å². The molecule has 7 nitrogen and oxygen atoms in total. The molecule has 0 aliphatic carbocycles. The Bertz CT molecular complexity index is 1620. The Hall–Kier alpha value is -3.01. The van der Waals surface area contributed by atoms with Crippen LogP contribution in [0.4, 0.5) is 0 Å². The number of hydrogen-bond donors (Lipinski definition) is 2. The fourth-order valence-electron chi connectivity index (χ4n) is 6.19. The zero-order valence-corrected chi connectivity index (χ0v) is 27.0. The Labute approximate surface area is 272 Å². The number of aryl methyl sites for hydroxylation is 1. The van der Waals surface area contributed by atoms with Crippen LogP contribution in [0.5, 0.6) is 0 Å². The number of aromatic amines is 1. The summed E-state index contributed by atoms with van der Waals surface area (Å²) in [4.78, 5) is 37.2. The standard InChI is InChI=1S/C34H36Cl2N4O3S/c1-23-3-10-27(11-4-23)44-34(33(42)37-13-2-14-39-15-17-43-18-16-39)20-31(41)40(22-24-5-7-25(35)8-6-24)32(34)29-21-38-30-19-26(36)9-12-28(29)30/h3-12,19,21,32,38H,2,13-18,20,22H2,1H3,(H,37,42). The number of halogens is 2. The van der Waals surface area contributed by atoms with Crippen LogP contribution < -0.4 is 5.32 Å². The Morgan fingerprint density at radius 1 is 1.05 bits per heavy atom. The Kier molecular flexibility index (Phi) is 9.54. The monoisotopic (exact) mass is 650 g/mol. The number of hydrogen-bond acceptors (Lipinski definition) is 5. The van der Waals surface area contributed by atoms with Crippen molar-refractivity contribution in [2.24, 2.45) is 0 Å². The topological polar surface area (TPSA) is 77.7 Å². The highest BCUT2D eigenvalue weighted by atomic mass is 35.5. The van der Waals surface area contributed by atoms with Gasteiger partial charge in [-0.15, -0.1) is 11.8 Å². The van der Waals surface area contributed by atoms with Gasteiger partial charge in [0.15, 0.2) is 0 Å². The van der Waals surface area contributed by atoms with Crippen LogP contribution in [0.1, 0.15) is 35.6 Å². The molecule has 1 aromatic heterocycles. The van der Waals surface area contributed by atoms with E-state index in [0.717, 1.165) is 71.8 Å². The molecule has 2 fully saturated rings. The highest BCUT2D eigenvalue weighted by Crippen LogP contribution is 2.54. The first-order valence-corrected chi connectivity index (χ1v) is 16.5. The summed E-state index contributed by atoms with van der Waals surface area (Å²) < 4.78 is 4.36. The summed E-state index contributed by atoms with van der Waals surface area (Å²) in [6.07, 6.45) is 2.81. The van der Waals surface area contributed by atoms with Crippen molar-refractivity contribution >= 4 is 57.7 Å². The number of H-pyrrole nitrogens is 1. The molecule has 2 aliphatic rings. The van der Waals surface area contributed by atoms with Crippen LogP contribution in [0.15, 0.2) is 77.8 Å². The van der Waals surface area contributed by atoms with Crippen molar-refractivity contribution < 1.29 is 14.3 Å². The van der Waals surface area contributed by atoms with E-state index in [2.05, 4.69) is 15.2 Å². The van der Waals surface area contributed by atoms with Crippen LogP contribution in [-0.2, 0) is 20.9 Å². The van der Waals surface area contributed by atoms with E-state index >= 15 is 0 Å². The second-order valence-corrected chi connectivity index (χ2v) is 13.8. The molecule has 0 spiro atoms. The zero-order valence-electron chi connectivity index (χ0n) is 24.7. The van der Waals surface area contributed by atoms with Crippen molar-refractivity contribution in [1.29, 1.82) is 0 Å². The summed E-state index contributed by atoms with van der Waals surface area (Å²) in [6.45, 7) is 7.09. The van der Waals surface area contributed by atoms with Gasteiger partial charge in [0.05, 0.1) is 25.7 Å². The predicted octanol–water partition coefficient (Wildman–Crippen LogP) is 6.63. The molecule has 2 unspecified atom stereocenters. The molecule has 6 rings (SSSR count). The van der Waals surface area contributed by atoms with Gasteiger partial charge in [0.2, 0.25) is 11.8 Å². The third-order valence-corrected chi connectivity index (χ3v) is 10.4. The van der Waals surface area contributed by atoms with E-state index in [1.54, 1.807) is 0 Å². The lowest BCUT2D eigenvalue weighted by atomic mass is 9.91. The number of thioether (sulfide) groups is 1. The molecule has 2 N–H and O–H groups in total. The van der Waals surface area contributed by atoms with E-state index in [4.69, 9.17) is 27.9 Å². The number of nitrogens with zero attached hydrogens (tertiary/aromatic N) is 2. The third-order valence-electron chi connectivity index (χ3n) is 8.47. The molecule has 44 heavy (non-hydrogen) atoms. The van der Waals surface area contributed by atoms with Gasteiger partial charge in [-0.1, -0.05) is 59.1 Å². The van der Waals surface area contributed by atoms with Gasteiger partial charge in [-0.05, 0) is 61.9 Å². The van der Waals surface area contributed by atoms with Gasteiger partial charge in [-0.3, -0.25) is 14.5 Å². The molecule has 3 heterocycles. The molecular formula is C34H36Cl2N4O3S. The van der Waals surface area contributed by atoms with Crippen LogP contribution in [0.25, 0.3) is 10.9 Å². The SMILES string of the molecule is Cc1ccc(SC2(C(=O)NCCCN3CCOCC3)CC(=O)N(Cc3ccc(Cl)cc3)C2c2c[nH]c3cc(Cl)ccc23)cc1. The van der Waals surface area contributed by atoms with Crippen LogP contribution in [0.2, 0.25) is 10.0 Å². The van der Waals surface area contributed by atoms with Crippen molar-refractivity contribution in [2.45, 2.75) is 42.0 Å². The average Bonchev–Trinajstić information content (AvgIpc) is 3.55. The number of rotatable bonds is 10. The van der Waals surface area contributed by atoms with Crippen molar-refractivity contribution in [3.63, 3.8) is 0 Å². The fraction of sp³-hybridized carbons (Fsp3) is 0.353. The second kappa shape index (κ2) is 13.5. The van der Waals surface area contributed by atoms with E-state index in [9.17, 15) is 9.59 Å². The summed E-state index contributed by atoms with van der Waals surface area (Å²) in [5, 5.41) is 5.43. The van der Waals surface area contributed by atoms with E-state index in [-0.39, 0.29) is 18.2 Å². The maximum Gasteiger partial charge on any atom is 0.239 e. The molecule has 2 amide bonds. The lowest BCUT2D eigenvalue weighted by molar-refractivity contribution is -0.129. The number of ether oxygens (including phenoxy) is 1. The van der Waals surface area contributed by atoms with Gasteiger partial charge in [0.25, 0.3) is 0 Å². The minimum atomic E-state index is -1.12. The smallest absolute Gasteiger partial charge is 0.239 e.